The largest absolute Gasteiger partial charge is 1.00 e. The van der Waals surface area contributed by atoms with E-state index in [0.717, 1.165) is 5.69 Å². The predicted octanol–water partition coefficient (Wildman–Crippen LogP) is -0.740. The van der Waals surface area contributed by atoms with E-state index >= 15 is 0 Å². The van der Waals surface area contributed by atoms with Crippen LogP contribution in [0.15, 0.2) is 34.4 Å². The summed E-state index contributed by atoms with van der Waals surface area (Å²) in [6.45, 7) is 6.03. The molecule has 95 valence electrons. The van der Waals surface area contributed by atoms with Gasteiger partial charge in [-0.1, -0.05) is 37.8 Å². The molecule has 1 radical (unpaired) electrons. The van der Waals surface area contributed by atoms with Gasteiger partial charge in [0.2, 0.25) is 0 Å². The van der Waals surface area contributed by atoms with Crippen LogP contribution in [0.5, 0.6) is 0 Å². The molecule has 5 nitrogen and oxygen atoms in total. The van der Waals surface area contributed by atoms with E-state index in [2.05, 4.69) is 32.7 Å². The van der Waals surface area contributed by atoms with Crippen molar-refractivity contribution in [1.29, 1.82) is 0 Å². The summed E-state index contributed by atoms with van der Waals surface area (Å²) in [6.07, 6.45) is 5.23. The molecule has 0 spiro atoms. The normalized spacial score (nSPS) is 12.8. The maximum absolute atomic E-state index is 4.38. The third kappa shape index (κ3) is 5.11. The summed E-state index contributed by atoms with van der Waals surface area (Å²) in [6, 6.07) is 7.88. The maximum Gasteiger partial charge on any atom is 1.00 e. The minimum atomic E-state index is 0. The van der Waals surface area contributed by atoms with Gasteiger partial charge in [-0.3, -0.25) is 20.0 Å². The summed E-state index contributed by atoms with van der Waals surface area (Å²) < 4.78 is 0. The van der Waals surface area contributed by atoms with E-state index in [1.807, 2.05) is 45.0 Å². The topological polar surface area (TPSA) is 55.4 Å². The predicted molar refractivity (Wildman–Crippen MR) is 70.4 cm³/mol. The van der Waals surface area contributed by atoms with E-state index in [4.69, 9.17) is 0 Å². The zero-order valence-corrected chi connectivity index (χ0v) is 19.9. The summed E-state index contributed by atoms with van der Waals surface area (Å²) in [5.41, 5.74) is 2.63. The van der Waals surface area contributed by atoms with Crippen LogP contribution in [0.3, 0.4) is 0 Å². The van der Waals surface area contributed by atoms with E-state index in [0.29, 0.717) is 11.5 Å². The van der Waals surface area contributed by atoms with Gasteiger partial charge in [0, 0.05) is 38.5 Å². The minimum Gasteiger partial charge on any atom is -0.412 e. The third-order valence-electron chi connectivity index (χ3n) is 2.22. The number of nitrogens with zero attached hydrogens (tertiary/aromatic N) is 5. The van der Waals surface area contributed by atoms with Gasteiger partial charge in [0.15, 0.2) is 0 Å². The molecule has 3 rings (SSSR count). The molecule has 0 bridgehead atoms. The summed E-state index contributed by atoms with van der Waals surface area (Å²) in [5, 5.41) is 7.66. The first-order valence-electron chi connectivity index (χ1n) is 5.79. The number of rotatable bonds is 1. The van der Waals surface area contributed by atoms with Crippen molar-refractivity contribution in [2.45, 2.75) is 20.8 Å². The first-order chi connectivity index (χ1) is 8.83. The number of aromatic nitrogens is 3. The Balaban J connectivity index is 0.000000866. The Morgan fingerprint density at radius 3 is 2.45 bits per heavy atom. The van der Waals surface area contributed by atoms with Crippen LogP contribution in [-0.2, 0) is 32.7 Å². The Bertz CT molecular complexity index is 589. The van der Waals surface area contributed by atoms with E-state index in [1.54, 1.807) is 0 Å². The zero-order valence-electron chi connectivity index (χ0n) is 12.1. The monoisotopic (exact) mass is 413 g/mol. The smallest absolute Gasteiger partial charge is 0.412 e. The second kappa shape index (κ2) is 10.4. The van der Waals surface area contributed by atoms with Crippen molar-refractivity contribution in [3.63, 3.8) is 0 Å². The fourth-order valence-corrected chi connectivity index (χ4v) is 1.39. The molecule has 0 saturated heterocycles. The number of hydrogen-bond acceptors (Lipinski definition) is 4. The SMILES string of the molecule is CC.Cc1ccc(N=C2[C-]=Nn3n[c-]nc32)cc1.[Rb+].[Y]. The molecule has 7 heteroatoms. The Kier molecular flexibility index (Phi) is 10.7. The van der Waals surface area contributed by atoms with Gasteiger partial charge in [-0.05, 0) is 31.1 Å². The summed E-state index contributed by atoms with van der Waals surface area (Å²) in [4.78, 5) is 9.67. The van der Waals surface area contributed by atoms with Crippen molar-refractivity contribution < 1.29 is 90.9 Å². The van der Waals surface area contributed by atoms with Crippen molar-refractivity contribution in [2.75, 3.05) is 0 Å². The molecule has 2 heterocycles. The fourth-order valence-electron chi connectivity index (χ4n) is 1.39. The van der Waals surface area contributed by atoms with Crippen molar-refractivity contribution in [1.82, 2.24) is 14.9 Å². The van der Waals surface area contributed by atoms with Gasteiger partial charge in [0.1, 0.15) is 0 Å². The van der Waals surface area contributed by atoms with Gasteiger partial charge in [-0.15, -0.1) is 0 Å². The Hall–Kier alpha value is 0.609. The summed E-state index contributed by atoms with van der Waals surface area (Å²) >= 11 is 0. The number of hydrogen-bond donors (Lipinski definition) is 0. The quantitative estimate of drug-likeness (QED) is 0.578. The van der Waals surface area contributed by atoms with Crippen LogP contribution < -0.4 is 58.2 Å². The minimum absolute atomic E-state index is 0. The molecule has 20 heavy (non-hydrogen) atoms. The van der Waals surface area contributed by atoms with Gasteiger partial charge in [0.25, 0.3) is 0 Å². The third-order valence-corrected chi connectivity index (χ3v) is 2.22. The summed E-state index contributed by atoms with van der Waals surface area (Å²) in [7, 11) is 0. The molecule has 1 aromatic heterocycles. The van der Waals surface area contributed by atoms with Gasteiger partial charge >= 0.3 is 58.2 Å². The zero-order chi connectivity index (χ0) is 13.0. The maximum atomic E-state index is 4.38. The average molecular weight is 414 g/mol. The number of fused-ring (bicyclic) bond motifs is 1. The van der Waals surface area contributed by atoms with Gasteiger partial charge < -0.3 is 4.98 Å². The number of aryl methyl sites for hydroxylation is 1. The second-order valence-corrected chi connectivity index (χ2v) is 3.43. The van der Waals surface area contributed by atoms with Crippen LogP contribution in [0, 0.1) is 13.3 Å². The molecule has 1 aromatic carbocycles. The molecule has 0 aliphatic carbocycles. The molecule has 2 aromatic rings. The fraction of sp³-hybridized carbons (Fsp3) is 0.231. The molecule has 0 unspecified atom stereocenters. The molecule has 0 saturated carbocycles. The van der Waals surface area contributed by atoms with Gasteiger partial charge in [-0.2, -0.15) is 0 Å². The van der Waals surface area contributed by atoms with Gasteiger partial charge in [-0.25, -0.2) is 0 Å². The Morgan fingerprint density at radius 2 is 1.80 bits per heavy atom. The van der Waals surface area contributed by atoms with Crippen molar-refractivity contribution >= 4 is 17.6 Å². The number of aliphatic imine (C=N–C) groups is 1. The van der Waals surface area contributed by atoms with Crippen LogP contribution in [-0.4, -0.2) is 26.8 Å². The molecule has 0 atom stereocenters. The van der Waals surface area contributed by atoms with Crippen LogP contribution in [0.4, 0.5) is 5.69 Å². The summed E-state index contributed by atoms with van der Waals surface area (Å²) in [5.74, 6) is 0.570. The van der Waals surface area contributed by atoms with E-state index in [9.17, 15) is 0 Å². The molecule has 1 aliphatic heterocycles. The Labute approximate surface area is 193 Å². The molecule has 0 N–H and O–H groups in total. The van der Waals surface area contributed by atoms with E-state index < -0.39 is 0 Å². The molecule has 0 amide bonds. The van der Waals surface area contributed by atoms with Crippen LogP contribution in [0.25, 0.3) is 0 Å². The Morgan fingerprint density at radius 1 is 1.15 bits per heavy atom. The van der Waals surface area contributed by atoms with Crippen molar-refractivity contribution in [3.05, 3.63) is 42.0 Å². The number of benzene rings is 1. The van der Waals surface area contributed by atoms with Crippen LogP contribution in [0.2, 0.25) is 0 Å². The van der Waals surface area contributed by atoms with E-state index in [1.165, 1.54) is 10.4 Å². The van der Waals surface area contributed by atoms with Crippen LogP contribution >= 0.6 is 0 Å². The first kappa shape index (κ1) is 20.6. The van der Waals surface area contributed by atoms with Crippen LogP contribution in [0.1, 0.15) is 25.2 Å². The second-order valence-electron chi connectivity index (χ2n) is 3.43. The van der Waals surface area contributed by atoms with Crippen molar-refractivity contribution in [3.8, 4) is 0 Å². The van der Waals surface area contributed by atoms with Crippen molar-refractivity contribution in [2.24, 2.45) is 10.1 Å². The van der Waals surface area contributed by atoms with Gasteiger partial charge in [0.05, 0.1) is 5.69 Å². The molecule has 0 fully saturated rings. The molecular weight excluding hydrogens is 401 g/mol. The molecular formula is C13H13N5RbY-. The standard InChI is InChI=1S/C11H7N5.C2H6.Rb.Y/c1-8-2-4-9(5-3-8)15-10-6-13-16-11(10)12-7-14-16;1-2;;/h2-5H,1H3;1-2H3;;/q-2;;+1;. The molecule has 1 aliphatic rings. The first-order valence-corrected chi connectivity index (χ1v) is 5.79. The average Bonchev–Trinajstić information content (AvgIpc) is 2.99. The van der Waals surface area contributed by atoms with E-state index in [-0.39, 0.29) is 90.9 Å².